The van der Waals surface area contributed by atoms with Crippen LogP contribution in [0.5, 0.6) is 0 Å². The fraction of sp³-hybridized carbons (Fsp3) is 0.833. The van der Waals surface area contributed by atoms with Gasteiger partial charge in [0.05, 0.1) is 12.3 Å². The smallest absolute Gasteiger partial charge is 0.210 e. The van der Waals surface area contributed by atoms with Gasteiger partial charge < -0.3 is 5.32 Å². The van der Waals surface area contributed by atoms with Gasteiger partial charge >= 0.3 is 0 Å². The number of sulfonamides is 1. The Labute approximate surface area is 83.0 Å². The molecule has 1 aliphatic rings. The van der Waals surface area contributed by atoms with Crippen LogP contribution in [0, 0.1) is 0 Å². The van der Waals surface area contributed by atoms with Crippen molar-refractivity contribution in [2.75, 3.05) is 12.3 Å². The van der Waals surface area contributed by atoms with E-state index in [1.165, 1.54) is 0 Å². The van der Waals surface area contributed by atoms with Gasteiger partial charge in [-0.05, 0) is 12.8 Å². The maximum atomic E-state index is 10.6. The van der Waals surface area contributed by atoms with Crippen LogP contribution in [0.2, 0.25) is 0 Å². The van der Waals surface area contributed by atoms with E-state index in [0.29, 0.717) is 12.0 Å². The lowest BCUT2D eigenvalue weighted by atomic mass is 10.7. The van der Waals surface area contributed by atoms with Gasteiger partial charge in [-0.15, -0.1) is 0 Å². The Morgan fingerprint density at radius 3 is 2.57 bits per heavy atom. The highest BCUT2D eigenvalue weighted by Crippen LogP contribution is 2.18. The molecule has 0 aromatic carbocycles. The minimum Gasteiger partial charge on any atom is -0.353 e. The number of hydrogen-bond donors (Lipinski definition) is 4. The molecule has 1 aliphatic carbocycles. The molecule has 0 heterocycles. The second kappa shape index (κ2) is 4.58. The highest BCUT2D eigenvalue weighted by molar-refractivity contribution is 7.89. The normalized spacial score (nSPS) is 18.0. The summed E-state index contributed by atoms with van der Waals surface area (Å²) < 4.78 is 21.1. The number of rotatable bonds is 4. The molecule has 14 heavy (non-hydrogen) atoms. The van der Waals surface area contributed by atoms with Crippen LogP contribution >= 0.6 is 0 Å². The minimum atomic E-state index is -3.44. The lowest BCUT2D eigenvalue weighted by Gasteiger charge is -2.06. The van der Waals surface area contributed by atoms with Crippen LogP contribution in [0.3, 0.4) is 0 Å². The van der Waals surface area contributed by atoms with Crippen molar-refractivity contribution < 1.29 is 8.42 Å². The Morgan fingerprint density at radius 2 is 2.14 bits per heavy atom. The van der Waals surface area contributed by atoms with Crippen molar-refractivity contribution in [3.63, 3.8) is 0 Å². The molecule has 0 spiro atoms. The van der Waals surface area contributed by atoms with Gasteiger partial charge in [-0.25, -0.2) is 19.4 Å². The Bertz CT molecular complexity index is 308. The first kappa shape index (κ1) is 11.2. The third kappa shape index (κ3) is 5.00. The molecule has 7 nitrogen and oxygen atoms in total. The van der Waals surface area contributed by atoms with E-state index in [-0.39, 0.29) is 12.3 Å². The molecule has 0 aromatic rings. The van der Waals surface area contributed by atoms with E-state index in [9.17, 15) is 8.42 Å². The molecular formula is C6H15N5O2S. The molecule has 0 aromatic heterocycles. The summed E-state index contributed by atoms with van der Waals surface area (Å²) in [5.74, 6) is 5.41. The van der Waals surface area contributed by atoms with Gasteiger partial charge in [0.1, 0.15) is 0 Å². The topological polar surface area (TPSA) is 123 Å². The lowest BCUT2D eigenvalue weighted by Crippen LogP contribution is -2.43. The number of nitrogens with two attached hydrogens (primary N) is 2. The molecule has 1 fully saturated rings. The van der Waals surface area contributed by atoms with E-state index < -0.39 is 10.0 Å². The molecule has 0 unspecified atom stereocenters. The zero-order valence-corrected chi connectivity index (χ0v) is 8.55. The highest BCUT2D eigenvalue weighted by atomic mass is 32.2. The Hall–Kier alpha value is -0.860. The molecule has 0 aliphatic heterocycles. The molecule has 1 saturated carbocycles. The van der Waals surface area contributed by atoms with Crippen LogP contribution in [-0.2, 0) is 10.0 Å². The van der Waals surface area contributed by atoms with Crippen molar-refractivity contribution in [2.45, 2.75) is 18.9 Å². The van der Waals surface area contributed by atoms with Crippen molar-refractivity contribution >= 4 is 16.0 Å². The Morgan fingerprint density at radius 1 is 1.50 bits per heavy atom. The van der Waals surface area contributed by atoms with E-state index in [4.69, 9.17) is 11.0 Å². The van der Waals surface area contributed by atoms with Crippen molar-refractivity contribution in [1.82, 2.24) is 10.7 Å². The molecular weight excluding hydrogens is 206 g/mol. The Kier molecular flexibility index (Phi) is 3.67. The first-order valence-corrected chi connectivity index (χ1v) is 6.01. The fourth-order valence-electron chi connectivity index (χ4n) is 0.839. The fourth-order valence-corrected chi connectivity index (χ4v) is 1.18. The summed E-state index contributed by atoms with van der Waals surface area (Å²) in [5.41, 5.74) is 2.36. The van der Waals surface area contributed by atoms with E-state index in [1.807, 2.05) is 0 Å². The van der Waals surface area contributed by atoms with Gasteiger partial charge in [-0.2, -0.15) is 0 Å². The maximum absolute atomic E-state index is 10.6. The molecule has 0 radical (unpaired) electrons. The number of aliphatic imine (C=N–C) groups is 1. The van der Waals surface area contributed by atoms with E-state index >= 15 is 0 Å². The van der Waals surface area contributed by atoms with E-state index in [1.54, 1.807) is 0 Å². The second-order valence-electron chi connectivity index (χ2n) is 3.16. The largest absolute Gasteiger partial charge is 0.353 e. The summed E-state index contributed by atoms with van der Waals surface area (Å²) in [4.78, 5) is 3.92. The van der Waals surface area contributed by atoms with Crippen molar-refractivity contribution in [1.29, 1.82) is 0 Å². The van der Waals surface area contributed by atoms with E-state index in [0.717, 1.165) is 12.8 Å². The number of guanidine groups is 1. The molecule has 0 bridgehead atoms. The molecule has 0 saturated heterocycles. The number of hydrazine groups is 1. The molecule has 0 amide bonds. The zero-order chi connectivity index (χ0) is 10.6. The van der Waals surface area contributed by atoms with Gasteiger partial charge in [-0.3, -0.25) is 10.4 Å². The average Bonchev–Trinajstić information content (AvgIpc) is 2.84. The van der Waals surface area contributed by atoms with Gasteiger partial charge in [0.15, 0.2) is 0 Å². The third-order valence-electron chi connectivity index (χ3n) is 1.70. The minimum absolute atomic E-state index is 0.109. The number of hydrogen-bond acceptors (Lipinski definition) is 4. The zero-order valence-electron chi connectivity index (χ0n) is 7.73. The van der Waals surface area contributed by atoms with Crippen molar-refractivity contribution in [3.8, 4) is 0 Å². The number of primary sulfonamides is 1. The van der Waals surface area contributed by atoms with Crippen LogP contribution in [0.4, 0.5) is 0 Å². The molecule has 1 rings (SSSR count). The summed E-state index contributed by atoms with van der Waals surface area (Å²) >= 11 is 0. The molecule has 8 heteroatoms. The SMILES string of the molecule is NNC(=NCCS(N)(=O)=O)NC1CC1. The first-order chi connectivity index (χ1) is 6.51. The third-order valence-corrected chi connectivity index (χ3v) is 2.45. The molecule has 82 valence electrons. The first-order valence-electron chi connectivity index (χ1n) is 4.29. The predicted octanol–water partition coefficient (Wildman–Crippen LogP) is -2.15. The van der Waals surface area contributed by atoms with Gasteiger partial charge in [0, 0.05) is 6.04 Å². The van der Waals surface area contributed by atoms with E-state index in [2.05, 4.69) is 15.7 Å². The van der Waals surface area contributed by atoms with Crippen LogP contribution in [0.25, 0.3) is 0 Å². The lowest BCUT2D eigenvalue weighted by molar-refractivity contribution is 0.597. The van der Waals surface area contributed by atoms with Crippen LogP contribution in [-0.4, -0.2) is 32.7 Å². The van der Waals surface area contributed by atoms with Crippen molar-refractivity contribution in [3.05, 3.63) is 0 Å². The van der Waals surface area contributed by atoms with Crippen LogP contribution in [0.1, 0.15) is 12.8 Å². The Balaban J connectivity index is 2.31. The molecule has 6 N–H and O–H groups in total. The average molecular weight is 221 g/mol. The second-order valence-corrected chi connectivity index (χ2v) is 4.89. The summed E-state index contributed by atoms with van der Waals surface area (Å²) in [5, 5.41) is 7.81. The van der Waals surface area contributed by atoms with Gasteiger partial charge in [0.2, 0.25) is 16.0 Å². The monoisotopic (exact) mass is 221 g/mol. The highest BCUT2D eigenvalue weighted by Gasteiger charge is 2.21. The van der Waals surface area contributed by atoms with Gasteiger partial charge in [-0.1, -0.05) is 0 Å². The molecule has 0 atom stereocenters. The number of nitrogens with one attached hydrogen (secondary N) is 2. The maximum Gasteiger partial charge on any atom is 0.210 e. The van der Waals surface area contributed by atoms with Crippen LogP contribution < -0.4 is 21.7 Å². The standard InChI is InChI=1S/C6H15N5O2S/c7-11-6(10-5-1-2-5)9-3-4-14(8,12)13/h5H,1-4,7H2,(H2,8,12,13)(H2,9,10,11). The van der Waals surface area contributed by atoms with Crippen molar-refractivity contribution in [2.24, 2.45) is 16.0 Å². The summed E-state index contributed by atoms with van der Waals surface area (Å²) in [6, 6.07) is 0.416. The number of nitrogens with zero attached hydrogens (tertiary/aromatic N) is 1. The van der Waals surface area contributed by atoms with Gasteiger partial charge in [0.25, 0.3) is 0 Å². The summed E-state index contributed by atoms with van der Waals surface area (Å²) in [6.07, 6.45) is 2.19. The summed E-state index contributed by atoms with van der Waals surface area (Å²) in [7, 11) is -3.44. The van der Waals surface area contributed by atoms with Crippen LogP contribution in [0.15, 0.2) is 4.99 Å². The summed E-state index contributed by atoms with van der Waals surface area (Å²) in [6.45, 7) is 0.109. The quantitative estimate of drug-likeness (QED) is 0.186. The predicted molar refractivity (Wildman–Crippen MR) is 53.8 cm³/mol.